The van der Waals surface area contributed by atoms with Gasteiger partial charge in [0.15, 0.2) is 0 Å². The highest BCUT2D eigenvalue weighted by atomic mass is 31.1. The van der Waals surface area contributed by atoms with Gasteiger partial charge in [-0.15, -0.1) is 0 Å². The SMILES string of the molecule is CC(C)COP(CO)CO. The lowest BCUT2D eigenvalue weighted by Crippen LogP contribution is -2.01. The summed E-state index contributed by atoms with van der Waals surface area (Å²) in [4.78, 5) is 0. The van der Waals surface area contributed by atoms with Crippen molar-refractivity contribution in [1.82, 2.24) is 0 Å². The molecule has 10 heavy (non-hydrogen) atoms. The molecular formula is C6H15O3P. The van der Waals surface area contributed by atoms with E-state index in [1.165, 1.54) is 0 Å². The zero-order chi connectivity index (χ0) is 7.98. The fourth-order valence-electron chi connectivity index (χ4n) is 0.381. The molecule has 0 fully saturated rings. The largest absolute Gasteiger partial charge is 0.389 e. The number of aliphatic hydroxyl groups is 2. The van der Waals surface area contributed by atoms with Crippen molar-refractivity contribution in [2.75, 3.05) is 19.3 Å². The van der Waals surface area contributed by atoms with Crippen LogP contribution < -0.4 is 0 Å². The van der Waals surface area contributed by atoms with Gasteiger partial charge in [-0.3, -0.25) is 0 Å². The molecule has 0 saturated carbocycles. The van der Waals surface area contributed by atoms with Crippen LogP contribution >= 0.6 is 8.15 Å². The topological polar surface area (TPSA) is 49.7 Å². The molecule has 0 amide bonds. The normalized spacial score (nSPS) is 11.4. The van der Waals surface area contributed by atoms with Crippen LogP contribution in [-0.2, 0) is 4.52 Å². The molecule has 0 aliphatic carbocycles. The zero-order valence-electron chi connectivity index (χ0n) is 6.45. The van der Waals surface area contributed by atoms with Gasteiger partial charge in [-0.25, -0.2) is 0 Å². The standard InChI is InChI=1S/C6H15O3P/c1-6(2)3-9-10(4-7)5-8/h6-8H,3-5H2,1-2H3. The van der Waals surface area contributed by atoms with Crippen molar-refractivity contribution < 1.29 is 14.7 Å². The van der Waals surface area contributed by atoms with Crippen molar-refractivity contribution in [2.45, 2.75) is 13.8 Å². The summed E-state index contributed by atoms with van der Waals surface area (Å²) in [5, 5.41) is 17.2. The molecule has 0 saturated heterocycles. The summed E-state index contributed by atoms with van der Waals surface area (Å²) in [6, 6.07) is 0. The van der Waals surface area contributed by atoms with Gasteiger partial charge in [0.25, 0.3) is 0 Å². The van der Waals surface area contributed by atoms with E-state index < -0.39 is 8.15 Å². The Morgan fingerprint density at radius 3 is 2.10 bits per heavy atom. The van der Waals surface area contributed by atoms with Crippen molar-refractivity contribution in [2.24, 2.45) is 5.92 Å². The van der Waals surface area contributed by atoms with Crippen LogP contribution in [0.15, 0.2) is 0 Å². The van der Waals surface area contributed by atoms with Gasteiger partial charge in [-0.05, 0) is 5.92 Å². The predicted octanol–water partition coefficient (Wildman–Crippen LogP) is 0.955. The molecule has 62 valence electrons. The van der Waals surface area contributed by atoms with Crippen LogP contribution in [0.2, 0.25) is 0 Å². The Morgan fingerprint density at radius 1 is 1.30 bits per heavy atom. The third-order valence-corrected chi connectivity index (χ3v) is 2.05. The second-order valence-corrected chi connectivity index (χ2v) is 4.24. The molecule has 0 aliphatic rings. The maximum atomic E-state index is 8.58. The third kappa shape index (κ3) is 5.12. The average molecular weight is 166 g/mol. The summed E-state index contributed by atoms with van der Waals surface area (Å²) in [6.45, 7) is 4.68. The lowest BCUT2D eigenvalue weighted by Gasteiger charge is -2.13. The molecule has 0 aromatic carbocycles. The molecule has 0 aromatic rings. The van der Waals surface area contributed by atoms with E-state index in [-0.39, 0.29) is 12.7 Å². The second kappa shape index (κ2) is 6.05. The van der Waals surface area contributed by atoms with Crippen molar-refractivity contribution in [3.05, 3.63) is 0 Å². The van der Waals surface area contributed by atoms with Crippen LogP contribution in [0, 0.1) is 5.92 Å². The van der Waals surface area contributed by atoms with E-state index in [2.05, 4.69) is 0 Å². The highest BCUT2D eigenvalue weighted by Crippen LogP contribution is 2.33. The smallest absolute Gasteiger partial charge is 0.0893 e. The Bertz CT molecular complexity index is 73.4. The maximum absolute atomic E-state index is 8.58. The highest BCUT2D eigenvalue weighted by Gasteiger charge is 2.05. The molecule has 0 bridgehead atoms. The molecule has 0 radical (unpaired) electrons. The van der Waals surface area contributed by atoms with Gasteiger partial charge in [-0.1, -0.05) is 13.8 Å². The summed E-state index contributed by atoms with van der Waals surface area (Å²) in [5.74, 6) is 0.461. The minimum Gasteiger partial charge on any atom is -0.389 e. The van der Waals surface area contributed by atoms with Crippen LogP contribution in [0.25, 0.3) is 0 Å². The molecule has 0 unspecified atom stereocenters. The molecule has 0 spiro atoms. The quantitative estimate of drug-likeness (QED) is 0.598. The summed E-state index contributed by atoms with van der Waals surface area (Å²) < 4.78 is 5.17. The van der Waals surface area contributed by atoms with Gasteiger partial charge in [-0.2, -0.15) is 0 Å². The summed E-state index contributed by atoms with van der Waals surface area (Å²) >= 11 is 0. The highest BCUT2D eigenvalue weighted by molar-refractivity contribution is 7.52. The van der Waals surface area contributed by atoms with Crippen molar-refractivity contribution >= 4 is 8.15 Å². The Morgan fingerprint density at radius 2 is 1.80 bits per heavy atom. The second-order valence-electron chi connectivity index (χ2n) is 2.45. The first-order valence-corrected chi connectivity index (χ1v) is 4.93. The minimum absolute atomic E-state index is 0.0431. The van der Waals surface area contributed by atoms with E-state index in [1.807, 2.05) is 13.8 Å². The van der Waals surface area contributed by atoms with Crippen LogP contribution in [0.4, 0.5) is 0 Å². The van der Waals surface area contributed by atoms with Gasteiger partial charge < -0.3 is 14.7 Å². The van der Waals surface area contributed by atoms with Gasteiger partial charge in [0.1, 0.15) is 0 Å². The summed E-state index contributed by atoms with van der Waals surface area (Å²) in [6.07, 6.45) is -0.0862. The van der Waals surface area contributed by atoms with E-state index in [9.17, 15) is 0 Å². The van der Waals surface area contributed by atoms with Crippen molar-refractivity contribution in [3.8, 4) is 0 Å². The van der Waals surface area contributed by atoms with Gasteiger partial charge in [0.05, 0.1) is 27.5 Å². The van der Waals surface area contributed by atoms with Crippen molar-refractivity contribution in [3.63, 3.8) is 0 Å². The average Bonchev–Trinajstić information content (AvgIpc) is 1.90. The fraction of sp³-hybridized carbons (Fsp3) is 1.00. The zero-order valence-corrected chi connectivity index (χ0v) is 7.34. The lowest BCUT2D eigenvalue weighted by atomic mass is 10.2. The molecule has 0 rings (SSSR count). The lowest BCUT2D eigenvalue weighted by molar-refractivity contribution is 0.254. The molecule has 4 heteroatoms. The molecule has 3 nitrogen and oxygen atoms in total. The number of rotatable bonds is 5. The Balaban J connectivity index is 3.26. The van der Waals surface area contributed by atoms with Gasteiger partial charge in [0, 0.05) is 0 Å². The molecule has 2 N–H and O–H groups in total. The Kier molecular flexibility index (Phi) is 6.24. The maximum Gasteiger partial charge on any atom is 0.0893 e. The van der Waals surface area contributed by atoms with E-state index >= 15 is 0 Å². The summed E-state index contributed by atoms with van der Waals surface area (Å²) in [7, 11) is -0.978. The first kappa shape index (κ1) is 10.3. The monoisotopic (exact) mass is 166 g/mol. The molecule has 0 heterocycles. The van der Waals surface area contributed by atoms with Gasteiger partial charge >= 0.3 is 0 Å². The third-order valence-electron chi connectivity index (χ3n) is 0.906. The van der Waals surface area contributed by atoms with Crippen molar-refractivity contribution in [1.29, 1.82) is 0 Å². The van der Waals surface area contributed by atoms with Crippen LogP contribution in [0.3, 0.4) is 0 Å². The minimum atomic E-state index is -0.978. The van der Waals surface area contributed by atoms with E-state index in [1.54, 1.807) is 0 Å². The van der Waals surface area contributed by atoms with Crippen LogP contribution in [-0.4, -0.2) is 29.5 Å². The number of hydrogen-bond donors (Lipinski definition) is 2. The number of hydrogen-bond acceptors (Lipinski definition) is 3. The van der Waals surface area contributed by atoms with Crippen LogP contribution in [0.5, 0.6) is 0 Å². The Labute approximate surface area is 62.9 Å². The molecule has 0 atom stereocenters. The van der Waals surface area contributed by atoms with E-state index in [0.29, 0.717) is 12.5 Å². The first-order valence-electron chi connectivity index (χ1n) is 3.30. The van der Waals surface area contributed by atoms with E-state index in [0.717, 1.165) is 0 Å². The fourth-order valence-corrected chi connectivity index (χ4v) is 1.14. The van der Waals surface area contributed by atoms with E-state index in [4.69, 9.17) is 14.7 Å². The summed E-state index contributed by atoms with van der Waals surface area (Å²) in [5.41, 5.74) is 0. The molecule has 0 aliphatic heterocycles. The predicted molar refractivity (Wildman–Crippen MR) is 41.9 cm³/mol. The number of aliphatic hydroxyl groups excluding tert-OH is 2. The van der Waals surface area contributed by atoms with Crippen LogP contribution in [0.1, 0.15) is 13.8 Å². The molecular weight excluding hydrogens is 151 g/mol. The Hall–Kier alpha value is 0.310. The van der Waals surface area contributed by atoms with Gasteiger partial charge in [0.2, 0.25) is 0 Å². The molecule has 0 aromatic heterocycles. The first-order chi connectivity index (χ1) is 4.70.